The summed E-state index contributed by atoms with van der Waals surface area (Å²) in [6, 6.07) is 0. The summed E-state index contributed by atoms with van der Waals surface area (Å²) in [4.78, 5) is 10.8. The second kappa shape index (κ2) is 9.12. The van der Waals surface area contributed by atoms with E-state index in [0.29, 0.717) is 19.3 Å². The van der Waals surface area contributed by atoms with Gasteiger partial charge in [0.25, 0.3) is 0 Å². The van der Waals surface area contributed by atoms with E-state index in [0.717, 1.165) is 0 Å². The van der Waals surface area contributed by atoms with Crippen molar-refractivity contribution in [2.24, 2.45) is 0 Å². The molecule has 0 aliphatic carbocycles. The van der Waals surface area contributed by atoms with Gasteiger partial charge in [-0.1, -0.05) is 24.3 Å². The normalized spacial score (nSPS) is 15.5. The minimum absolute atomic E-state index is 0.259. The van der Waals surface area contributed by atoms with Crippen LogP contribution in [0.3, 0.4) is 0 Å². The molecule has 0 rings (SSSR count). The zero-order valence-corrected chi connectivity index (χ0v) is 9.80. The van der Waals surface area contributed by atoms with E-state index in [2.05, 4.69) is 4.74 Å². The quantitative estimate of drug-likeness (QED) is 0.507. The number of carbonyl (C=O) groups excluding carboxylic acids is 1. The number of esters is 1. The number of rotatable bonds is 7. The molecule has 92 valence electrons. The van der Waals surface area contributed by atoms with E-state index < -0.39 is 12.2 Å². The minimum Gasteiger partial charge on any atom is -0.469 e. The molecule has 0 spiro atoms. The fraction of sp³-hybridized carbons (Fsp3) is 0.583. The smallest absolute Gasteiger partial charge is 0.305 e. The monoisotopic (exact) mass is 228 g/mol. The van der Waals surface area contributed by atoms with Crippen molar-refractivity contribution in [1.29, 1.82) is 0 Å². The second-order valence-corrected chi connectivity index (χ2v) is 3.55. The van der Waals surface area contributed by atoms with Gasteiger partial charge in [-0.2, -0.15) is 0 Å². The van der Waals surface area contributed by atoms with Gasteiger partial charge in [0.2, 0.25) is 0 Å². The number of hydrogen-bond acceptors (Lipinski definition) is 4. The predicted molar refractivity (Wildman–Crippen MR) is 61.8 cm³/mol. The van der Waals surface area contributed by atoms with Gasteiger partial charge in [0.15, 0.2) is 0 Å². The van der Waals surface area contributed by atoms with Crippen molar-refractivity contribution >= 4 is 5.97 Å². The van der Waals surface area contributed by atoms with Gasteiger partial charge >= 0.3 is 5.97 Å². The zero-order valence-electron chi connectivity index (χ0n) is 9.80. The van der Waals surface area contributed by atoms with Crippen LogP contribution >= 0.6 is 0 Å². The van der Waals surface area contributed by atoms with E-state index in [-0.39, 0.29) is 5.97 Å². The first-order valence-electron chi connectivity index (χ1n) is 5.34. The Morgan fingerprint density at radius 2 is 1.94 bits per heavy atom. The maximum absolute atomic E-state index is 10.8. The SMILES string of the molecule is COC(=O)CCC[C@H](O)/C=C/C=C/[C@@H](C)O. The summed E-state index contributed by atoms with van der Waals surface area (Å²) in [5, 5.41) is 18.4. The van der Waals surface area contributed by atoms with Crippen LogP contribution in [0.1, 0.15) is 26.2 Å². The van der Waals surface area contributed by atoms with E-state index in [4.69, 9.17) is 5.11 Å². The maximum atomic E-state index is 10.8. The summed E-state index contributed by atoms with van der Waals surface area (Å²) >= 11 is 0. The molecule has 4 nitrogen and oxygen atoms in total. The second-order valence-electron chi connectivity index (χ2n) is 3.55. The first-order valence-corrected chi connectivity index (χ1v) is 5.34. The molecule has 0 heterocycles. The highest BCUT2D eigenvalue weighted by molar-refractivity contribution is 5.68. The molecule has 0 aliphatic rings. The van der Waals surface area contributed by atoms with Crippen molar-refractivity contribution in [3.05, 3.63) is 24.3 Å². The summed E-state index contributed by atoms with van der Waals surface area (Å²) in [5.41, 5.74) is 0. The highest BCUT2D eigenvalue weighted by atomic mass is 16.5. The highest BCUT2D eigenvalue weighted by Gasteiger charge is 2.02. The van der Waals surface area contributed by atoms with Crippen LogP contribution in [0.5, 0.6) is 0 Å². The van der Waals surface area contributed by atoms with Crippen LogP contribution in [0.4, 0.5) is 0 Å². The fourth-order valence-electron chi connectivity index (χ4n) is 1.07. The molecule has 0 aromatic heterocycles. The molecule has 2 atom stereocenters. The Kier molecular flexibility index (Phi) is 8.48. The Balaban J connectivity index is 3.65. The number of hydrogen-bond donors (Lipinski definition) is 2. The van der Waals surface area contributed by atoms with E-state index in [1.807, 2.05) is 0 Å². The van der Waals surface area contributed by atoms with Gasteiger partial charge in [-0.25, -0.2) is 0 Å². The Hall–Kier alpha value is -1.13. The first-order chi connectivity index (χ1) is 7.56. The summed E-state index contributed by atoms with van der Waals surface area (Å²) in [6.07, 6.45) is 6.97. The van der Waals surface area contributed by atoms with E-state index in [1.165, 1.54) is 7.11 Å². The van der Waals surface area contributed by atoms with Crippen LogP contribution < -0.4 is 0 Å². The number of aliphatic hydroxyl groups is 2. The summed E-state index contributed by atoms with van der Waals surface area (Å²) in [6.45, 7) is 1.65. The average molecular weight is 228 g/mol. The predicted octanol–water partition coefficient (Wildman–Crippen LogP) is 1.18. The van der Waals surface area contributed by atoms with Gasteiger partial charge in [-0.15, -0.1) is 0 Å². The summed E-state index contributed by atoms with van der Waals surface area (Å²) in [5.74, 6) is -0.259. The van der Waals surface area contributed by atoms with E-state index in [1.54, 1.807) is 31.2 Å². The van der Waals surface area contributed by atoms with Crippen molar-refractivity contribution in [3.8, 4) is 0 Å². The average Bonchev–Trinajstić information content (AvgIpc) is 2.24. The molecule has 0 amide bonds. The first kappa shape index (κ1) is 14.9. The number of ether oxygens (including phenoxy) is 1. The Morgan fingerprint density at radius 1 is 1.31 bits per heavy atom. The minimum atomic E-state index is -0.566. The van der Waals surface area contributed by atoms with Gasteiger partial charge in [0.1, 0.15) is 0 Å². The number of methoxy groups -OCH3 is 1. The molecular weight excluding hydrogens is 208 g/mol. The standard InChI is InChI=1S/C12H20O4/c1-10(13)6-3-4-7-11(14)8-5-9-12(15)16-2/h3-4,6-7,10-11,13-14H,5,8-9H2,1-2H3/b6-3+,7-4+/t10-,11-/m1/s1. The fourth-order valence-corrected chi connectivity index (χ4v) is 1.07. The highest BCUT2D eigenvalue weighted by Crippen LogP contribution is 2.03. The van der Waals surface area contributed by atoms with Crippen molar-refractivity contribution in [2.45, 2.75) is 38.4 Å². The van der Waals surface area contributed by atoms with E-state index in [9.17, 15) is 9.90 Å². The van der Waals surface area contributed by atoms with Crippen molar-refractivity contribution in [2.75, 3.05) is 7.11 Å². The molecule has 0 aromatic rings. The molecule has 0 aromatic carbocycles. The van der Waals surface area contributed by atoms with Crippen LogP contribution in [-0.4, -0.2) is 35.5 Å². The van der Waals surface area contributed by atoms with Crippen molar-refractivity contribution in [1.82, 2.24) is 0 Å². The third-order valence-corrected chi connectivity index (χ3v) is 1.94. The largest absolute Gasteiger partial charge is 0.469 e. The molecular formula is C12H20O4. The van der Waals surface area contributed by atoms with Gasteiger partial charge in [-0.05, 0) is 19.8 Å². The van der Waals surface area contributed by atoms with Gasteiger partial charge in [0.05, 0.1) is 19.3 Å². The molecule has 0 saturated carbocycles. The van der Waals surface area contributed by atoms with Gasteiger partial charge < -0.3 is 14.9 Å². The lowest BCUT2D eigenvalue weighted by Gasteiger charge is -2.03. The Morgan fingerprint density at radius 3 is 2.50 bits per heavy atom. The summed E-state index contributed by atoms with van der Waals surface area (Å²) in [7, 11) is 1.35. The van der Waals surface area contributed by atoms with Crippen LogP contribution in [0.2, 0.25) is 0 Å². The van der Waals surface area contributed by atoms with Gasteiger partial charge in [-0.3, -0.25) is 4.79 Å². The lowest BCUT2D eigenvalue weighted by atomic mass is 10.1. The van der Waals surface area contributed by atoms with Crippen LogP contribution in [-0.2, 0) is 9.53 Å². The van der Waals surface area contributed by atoms with Crippen LogP contribution in [0.25, 0.3) is 0 Å². The lowest BCUT2D eigenvalue weighted by molar-refractivity contribution is -0.140. The molecule has 0 saturated heterocycles. The number of carbonyl (C=O) groups is 1. The summed E-state index contributed by atoms with van der Waals surface area (Å²) < 4.78 is 4.48. The molecule has 0 radical (unpaired) electrons. The third-order valence-electron chi connectivity index (χ3n) is 1.94. The topological polar surface area (TPSA) is 66.8 Å². The van der Waals surface area contributed by atoms with Crippen molar-refractivity contribution < 1.29 is 19.7 Å². The molecule has 0 bridgehead atoms. The number of aliphatic hydroxyl groups excluding tert-OH is 2. The lowest BCUT2D eigenvalue weighted by Crippen LogP contribution is -2.05. The molecule has 0 unspecified atom stereocenters. The van der Waals surface area contributed by atoms with Gasteiger partial charge in [0, 0.05) is 6.42 Å². The molecule has 16 heavy (non-hydrogen) atoms. The molecule has 2 N–H and O–H groups in total. The van der Waals surface area contributed by atoms with Crippen molar-refractivity contribution in [3.63, 3.8) is 0 Å². The Bertz CT molecular complexity index is 243. The van der Waals surface area contributed by atoms with Crippen LogP contribution in [0, 0.1) is 0 Å². The molecule has 0 aliphatic heterocycles. The number of allylic oxidation sites excluding steroid dienone is 2. The third kappa shape index (κ3) is 9.43. The Labute approximate surface area is 96.2 Å². The maximum Gasteiger partial charge on any atom is 0.305 e. The van der Waals surface area contributed by atoms with E-state index >= 15 is 0 Å². The molecule has 0 fully saturated rings. The zero-order chi connectivity index (χ0) is 12.4. The molecule has 4 heteroatoms. The van der Waals surface area contributed by atoms with Crippen LogP contribution in [0.15, 0.2) is 24.3 Å².